The number of carbonyl (C=O) groups is 1. The average Bonchev–Trinajstić information content (AvgIpc) is 2.67. The van der Waals surface area contributed by atoms with Gasteiger partial charge in [-0.3, -0.25) is 14.5 Å². The van der Waals surface area contributed by atoms with Gasteiger partial charge in [-0.05, 0) is 35.9 Å². The fourth-order valence-corrected chi connectivity index (χ4v) is 4.87. The van der Waals surface area contributed by atoms with Crippen molar-refractivity contribution in [2.75, 3.05) is 38.5 Å². The Balaban J connectivity index is 1.55. The summed E-state index contributed by atoms with van der Waals surface area (Å²) in [6.45, 7) is 0.0146. The molecule has 1 N–H and O–H groups in total. The number of H-pyrrole nitrogens is 1. The maximum absolute atomic E-state index is 12.9. The number of aromatic nitrogens is 1. The molecule has 1 saturated heterocycles. The molecule has 5 nitrogen and oxygen atoms in total. The molecule has 1 aromatic heterocycles. The van der Waals surface area contributed by atoms with Crippen LogP contribution in [0.4, 0.5) is 13.2 Å². The molecule has 0 saturated carbocycles. The number of alkyl halides is 3. The van der Waals surface area contributed by atoms with Gasteiger partial charge in [0.1, 0.15) is 0 Å². The summed E-state index contributed by atoms with van der Waals surface area (Å²) in [5.41, 5.74) is 2.91. The van der Waals surface area contributed by atoms with Gasteiger partial charge in [-0.1, -0.05) is 0 Å². The summed E-state index contributed by atoms with van der Waals surface area (Å²) >= 11 is 1.72. The highest BCUT2D eigenvalue weighted by Crippen LogP contribution is 2.28. The molecule has 9 heteroatoms. The van der Waals surface area contributed by atoms with Gasteiger partial charge >= 0.3 is 6.18 Å². The SMILES string of the molecule is O=C(c1ccc2[nH]c(=O)c3c(c2c1)CCSC3)N1CCN(CC(F)(F)F)CC1. The molecule has 0 aliphatic carbocycles. The highest BCUT2D eigenvalue weighted by molar-refractivity contribution is 7.98. The maximum atomic E-state index is 12.9. The van der Waals surface area contributed by atoms with E-state index in [-0.39, 0.29) is 37.6 Å². The number of nitrogens with zero attached hydrogens (tertiary/aromatic N) is 2. The third kappa shape index (κ3) is 3.91. The first-order valence-corrected chi connectivity index (χ1v) is 10.3. The number of piperazine rings is 1. The van der Waals surface area contributed by atoms with E-state index in [1.165, 1.54) is 4.90 Å². The third-order valence-corrected chi connectivity index (χ3v) is 6.27. The lowest BCUT2D eigenvalue weighted by atomic mass is 9.99. The number of aromatic amines is 1. The highest BCUT2D eigenvalue weighted by atomic mass is 32.2. The third-order valence-electron chi connectivity index (χ3n) is 5.28. The minimum absolute atomic E-state index is 0.0745. The Morgan fingerprint density at radius 3 is 2.61 bits per heavy atom. The summed E-state index contributed by atoms with van der Waals surface area (Å²) in [5.74, 6) is 1.42. The van der Waals surface area contributed by atoms with Crippen LogP contribution in [0.1, 0.15) is 21.5 Å². The van der Waals surface area contributed by atoms with Gasteiger partial charge < -0.3 is 9.88 Å². The Labute approximate surface area is 163 Å². The van der Waals surface area contributed by atoms with Crippen LogP contribution in [-0.4, -0.2) is 65.3 Å². The lowest BCUT2D eigenvalue weighted by Crippen LogP contribution is -2.50. The Bertz CT molecular complexity index is 965. The van der Waals surface area contributed by atoms with Crippen LogP contribution in [0.25, 0.3) is 10.9 Å². The molecule has 0 atom stereocenters. The quantitative estimate of drug-likeness (QED) is 0.826. The number of pyridine rings is 1. The second kappa shape index (κ2) is 7.44. The zero-order chi connectivity index (χ0) is 19.9. The fraction of sp³-hybridized carbons (Fsp3) is 0.474. The highest BCUT2D eigenvalue weighted by Gasteiger charge is 2.33. The number of benzene rings is 1. The Kier molecular flexibility index (Phi) is 5.13. The molecule has 2 aromatic rings. The summed E-state index contributed by atoms with van der Waals surface area (Å²) in [6.07, 6.45) is -3.44. The number of nitrogens with one attached hydrogen (secondary N) is 1. The zero-order valence-corrected chi connectivity index (χ0v) is 16.0. The molecule has 1 amide bonds. The number of carbonyl (C=O) groups excluding carboxylic acids is 1. The van der Waals surface area contributed by atoms with Gasteiger partial charge in [0.05, 0.1) is 6.54 Å². The molecular formula is C19H20F3N3O2S. The molecular weight excluding hydrogens is 391 g/mol. The Hall–Kier alpha value is -2.00. The molecule has 1 fully saturated rings. The summed E-state index contributed by atoms with van der Waals surface area (Å²) in [5, 5.41) is 0.886. The van der Waals surface area contributed by atoms with Crippen molar-refractivity contribution in [2.24, 2.45) is 0 Å². The minimum Gasteiger partial charge on any atom is -0.336 e. The molecule has 4 rings (SSSR count). The van der Waals surface area contributed by atoms with E-state index in [1.54, 1.807) is 28.8 Å². The summed E-state index contributed by atoms with van der Waals surface area (Å²) < 4.78 is 37.6. The molecule has 0 unspecified atom stereocenters. The minimum atomic E-state index is -4.22. The first-order chi connectivity index (χ1) is 13.3. The van der Waals surface area contributed by atoms with E-state index >= 15 is 0 Å². The lowest BCUT2D eigenvalue weighted by Gasteiger charge is -2.35. The van der Waals surface area contributed by atoms with Gasteiger partial charge in [-0.15, -0.1) is 0 Å². The number of hydrogen-bond donors (Lipinski definition) is 1. The smallest absolute Gasteiger partial charge is 0.336 e. The predicted octanol–water partition coefficient (Wildman–Crippen LogP) is 2.64. The second-order valence-electron chi connectivity index (χ2n) is 7.16. The molecule has 0 spiro atoms. The van der Waals surface area contributed by atoms with Gasteiger partial charge in [-0.25, -0.2) is 0 Å². The van der Waals surface area contributed by atoms with Crippen LogP contribution in [-0.2, 0) is 12.2 Å². The van der Waals surface area contributed by atoms with Crippen molar-refractivity contribution in [3.05, 3.63) is 45.2 Å². The van der Waals surface area contributed by atoms with E-state index in [0.29, 0.717) is 16.8 Å². The average molecular weight is 411 g/mol. The van der Waals surface area contributed by atoms with Crippen LogP contribution in [0.5, 0.6) is 0 Å². The van der Waals surface area contributed by atoms with Crippen molar-refractivity contribution in [2.45, 2.75) is 18.3 Å². The summed E-state index contributed by atoms with van der Waals surface area (Å²) in [7, 11) is 0. The van der Waals surface area contributed by atoms with Crippen molar-refractivity contribution in [1.82, 2.24) is 14.8 Å². The first-order valence-electron chi connectivity index (χ1n) is 9.16. The van der Waals surface area contributed by atoms with Crippen molar-refractivity contribution in [3.63, 3.8) is 0 Å². The largest absolute Gasteiger partial charge is 0.401 e. The lowest BCUT2D eigenvalue weighted by molar-refractivity contribution is -0.148. The molecule has 2 aliphatic heterocycles. The fourth-order valence-electron chi connectivity index (χ4n) is 3.87. The van der Waals surface area contributed by atoms with Crippen molar-refractivity contribution in [3.8, 4) is 0 Å². The number of hydrogen-bond acceptors (Lipinski definition) is 4. The van der Waals surface area contributed by atoms with E-state index in [1.807, 2.05) is 6.07 Å². The number of halogens is 3. The molecule has 1 aromatic carbocycles. The van der Waals surface area contributed by atoms with Gasteiger partial charge in [0.15, 0.2) is 0 Å². The standard InChI is InChI=1S/C19H20F3N3O2S/c20-19(21,22)11-24-4-6-25(7-5-24)18(27)12-1-2-16-14(9-12)13-3-8-28-10-15(13)17(26)23-16/h1-2,9H,3-8,10-11H2,(H,23,26). The Morgan fingerprint density at radius 2 is 1.89 bits per heavy atom. The summed E-state index contributed by atoms with van der Waals surface area (Å²) in [4.78, 5) is 30.9. The van der Waals surface area contributed by atoms with E-state index in [2.05, 4.69) is 4.98 Å². The van der Waals surface area contributed by atoms with Crippen LogP contribution >= 0.6 is 11.8 Å². The van der Waals surface area contributed by atoms with Gasteiger partial charge in [0.2, 0.25) is 0 Å². The molecule has 3 heterocycles. The normalized spacial score (nSPS) is 18.3. The maximum Gasteiger partial charge on any atom is 0.401 e. The number of amides is 1. The van der Waals surface area contributed by atoms with E-state index in [0.717, 1.165) is 28.7 Å². The topological polar surface area (TPSA) is 56.4 Å². The van der Waals surface area contributed by atoms with Crippen molar-refractivity contribution in [1.29, 1.82) is 0 Å². The number of thioether (sulfide) groups is 1. The molecule has 0 bridgehead atoms. The zero-order valence-electron chi connectivity index (χ0n) is 15.1. The molecule has 150 valence electrons. The van der Waals surface area contributed by atoms with Crippen molar-refractivity contribution < 1.29 is 18.0 Å². The van der Waals surface area contributed by atoms with Gasteiger partial charge in [0.25, 0.3) is 11.5 Å². The van der Waals surface area contributed by atoms with Crippen LogP contribution in [0, 0.1) is 0 Å². The van der Waals surface area contributed by atoms with Crippen LogP contribution < -0.4 is 5.56 Å². The molecule has 28 heavy (non-hydrogen) atoms. The second-order valence-corrected chi connectivity index (χ2v) is 8.26. The first kappa shape index (κ1) is 19.3. The molecule has 2 aliphatic rings. The predicted molar refractivity (Wildman–Crippen MR) is 103 cm³/mol. The van der Waals surface area contributed by atoms with Gasteiger partial charge in [0, 0.05) is 54.0 Å². The summed E-state index contributed by atoms with van der Waals surface area (Å²) in [6, 6.07) is 5.23. The van der Waals surface area contributed by atoms with Gasteiger partial charge in [-0.2, -0.15) is 24.9 Å². The van der Waals surface area contributed by atoms with E-state index in [4.69, 9.17) is 0 Å². The number of fused-ring (bicyclic) bond motifs is 3. The number of rotatable bonds is 2. The monoisotopic (exact) mass is 411 g/mol. The number of aryl methyl sites for hydroxylation is 1. The van der Waals surface area contributed by atoms with Crippen LogP contribution in [0.15, 0.2) is 23.0 Å². The van der Waals surface area contributed by atoms with Crippen LogP contribution in [0.2, 0.25) is 0 Å². The van der Waals surface area contributed by atoms with E-state index < -0.39 is 12.7 Å². The van der Waals surface area contributed by atoms with E-state index in [9.17, 15) is 22.8 Å². The van der Waals surface area contributed by atoms with Crippen molar-refractivity contribution >= 4 is 28.6 Å². The molecule has 0 radical (unpaired) electrons. The Morgan fingerprint density at radius 1 is 1.14 bits per heavy atom. The van der Waals surface area contributed by atoms with Crippen LogP contribution in [0.3, 0.4) is 0 Å².